The van der Waals surface area contributed by atoms with Crippen LogP contribution < -0.4 is 9.47 Å². The molecule has 0 saturated carbocycles. The van der Waals surface area contributed by atoms with E-state index in [-0.39, 0.29) is 27.6 Å². The number of hydrogen-bond donors (Lipinski definition) is 1. The molecule has 1 atom stereocenters. The maximum atomic E-state index is 12.8. The van der Waals surface area contributed by atoms with Crippen LogP contribution in [0.3, 0.4) is 0 Å². The van der Waals surface area contributed by atoms with Gasteiger partial charge in [0.2, 0.25) is 0 Å². The number of hydrogen-bond acceptors (Lipinski definition) is 7. The molecule has 1 N–H and O–H groups in total. The smallest absolute Gasteiger partial charge is 0.340 e. The molecule has 1 unspecified atom stereocenters. The Kier molecular flexibility index (Phi) is 7.23. The molecular weight excluding hydrogens is 420 g/mol. The molecule has 29 heavy (non-hydrogen) atoms. The van der Waals surface area contributed by atoms with Crippen LogP contribution in [0.15, 0.2) is 46.3 Å². The van der Waals surface area contributed by atoms with Crippen LogP contribution in [-0.4, -0.2) is 47.1 Å². The minimum absolute atomic E-state index is 0.00889. The van der Waals surface area contributed by atoms with Gasteiger partial charge in [0, 0.05) is 17.2 Å². The molecular formula is C19H17ClN2O6S. The Bertz CT molecular complexity index is 1110. The third kappa shape index (κ3) is 4.86. The third-order valence-corrected chi connectivity index (χ3v) is 5.73. The molecule has 10 heteroatoms. The molecule has 2 aromatic carbocycles. The van der Waals surface area contributed by atoms with E-state index in [1.807, 2.05) is 0 Å². The van der Waals surface area contributed by atoms with Crippen LogP contribution >= 0.6 is 11.6 Å². The Hall–Kier alpha value is -3.06. The largest absolute Gasteiger partial charge is 0.493 e. The summed E-state index contributed by atoms with van der Waals surface area (Å²) >= 11 is 5.79. The van der Waals surface area contributed by atoms with Gasteiger partial charge in [-0.05, 0) is 24.3 Å². The summed E-state index contributed by atoms with van der Waals surface area (Å²) in [6.07, 6.45) is 0.921. The monoisotopic (exact) mass is 436 g/mol. The molecule has 0 aromatic heterocycles. The lowest BCUT2D eigenvalue weighted by atomic mass is 10.1. The molecule has 8 nitrogen and oxygen atoms in total. The van der Waals surface area contributed by atoms with E-state index >= 15 is 0 Å². The van der Waals surface area contributed by atoms with Gasteiger partial charge in [0.1, 0.15) is 15.9 Å². The molecule has 0 aliphatic carbocycles. The number of ether oxygens (including phenoxy) is 3. The molecule has 0 fully saturated rings. The quantitative estimate of drug-likeness (QED) is 0.419. The van der Waals surface area contributed by atoms with Gasteiger partial charge in [0.15, 0.2) is 16.4 Å². The molecule has 0 heterocycles. The molecule has 2 aromatic rings. The van der Waals surface area contributed by atoms with E-state index in [4.69, 9.17) is 25.8 Å². The average molecular weight is 437 g/mol. The summed E-state index contributed by atoms with van der Waals surface area (Å²) in [4.78, 5) is 15.6. The zero-order valence-corrected chi connectivity index (χ0v) is 17.3. The van der Waals surface area contributed by atoms with Gasteiger partial charge in [-0.1, -0.05) is 11.6 Å². The molecule has 152 valence electrons. The van der Waals surface area contributed by atoms with Crippen LogP contribution in [0, 0.1) is 11.3 Å². The number of aliphatic imine (C=N–C) groups is 1. The zero-order valence-electron chi connectivity index (χ0n) is 15.7. The first-order valence-electron chi connectivity index (χ1n) is 7.96. The molecule has 0 radical (unpaired) electrons. The second kappa shape index (κ2) is 9.43. The van der Waals surface area contributed by atoms with Gasteiger partial charge < -0.3 is 18.8 Å². The molecule has 0 spiro atoms. The Morgan fingerprint density at radius 2 is 1.76 bits per heavy atom. The predicted octanol–water partition coefficient (Wildman–Crippen LogP) is 3.36. The fourth-order valence-electron chi connectivity index (χ4n) is 2.28. The number of rotatable bonds is 6. The summed E-state index contributed by atoms with van der Waals surface area (Å²) in [5.41, 5.74) is 0.0863. The summed E-state index contributed by atoms with van der Waals surface area (Å²) in [5, 5.41) is 9.76. The van der Waals surface area contributed by atoms with Crippen LogP contribution in [0.5, 0.6) is 11.5 Å². The Balaban J connectivity index is 2.64. The average Bonchev–Trinajstić information content (AvgIpc) is 2.73. The van der Waals surface area contributed by atoms with Gasteiger partial charge in [0.25, 0.3) is 0 Å². The first-order valence-corrected chi connectivity index (χ1v) is 9.85. The van der Waals surface area contributed by atoms with E-state index in [0.717, 1.165) is 6.21 Å². The first kappa shape index (κ1) is 22.2. The minimum atomic E-state index is -3.88. The normalized spacial score (nSPS) is 12.7. The van der Waals surface area contributed by atoms with E-state index in [2.05, 4.69) is 4.99 Å². The van der Waals surface area contributed by atoms with Crippen molar-refractivity contribution in [1.29, 1.82) is 5.26 Å². The number of nitriles is 1. The topological polar surface area (TPSA) is 118 Å². The van der Waals surface area contributed by atoms with E-state index < -0.39 is 20.6 Å². The van der Waals surface area contributed by atoms with Crippen molar-refractivity contribution in [3.05, 3.63) is 47.0 Å². The first-order chi connectivity index (χ1) is 13.8. The Labute approximate surface area is 173 Å². The zero-order chi connectivity index (χ0) is 21.6. The molecule has 2 rings (SSSR count). The number of esters is 1. The SMILES string of the molecule is COC(=O)c1cc(OC)c(OC)cc1N=CC(C#N)=S(=O)(O)c1ccc(Cl)cc1. The summed E-state index contributed by atoms with van der Waals surface area (Å²) in [6.45, 7) is 0. The number of halogens is 1. The van der Waals surface area contributed by atoms with Crippen molar-refractivity contribution in [2.24, 2.45) is 4.99 Å². The van der Waals surface area contributed by atoms with E-state index in [1.165, 1.54) is 57.7 Å². The Morgan fingerprint density at radius 3 is 2.28 bits per heavy atom. The van der Waals surface area contributed by atoms with Crippen LogP contribution in [0.25, 0.3) is 0 Å². The molecule has 0 bridgehead atoms. The third-order valence-electron chi connectivity index (χ3n) is 3.77. The van der Waals surface area contributed by atoms with Crippen LogP contribution in [0.1, 0.15) is 10.4 Å². The van der Waals surface area contributed by atoms with Gasteiger partial charge in [0.05, 0.1) is 43.7 Å². The fraction of sp³-hybridized carbons (Fsp3) is 0.158. The van der Waals surface area contributed by atoms with Gasteiger partial charge in [-0.15, -0.1) is 0 Å². The van der Waals surface area contributed by atoms with Crippen LogP contribution in [0.4, 0.5) is 5.69 Å². The van der Waals surface area contributed by atoms with E-state index in [9.17, 15) is 18.8 Å². The highest BCUT2D eigenvalue weighted by molar-refractivity contribution is 7.98. The highest BCUT2D eigenvalue weighted by atomic mass is 35.5. The lowest BCUT2D eigenvalue weighted by Gasteiger charge is -2.11. The highest BCUT2D eigenvalue weighted by Gasteiger charge is 2.18. The number of carbonyl (C=O) groups is 1. The Morgan fingerprint density at radius 1 is 1.17 bits per heavy atom. The van der Waals surface area contributed by atoms with Crippen molar-refractivity contribution >= 4 is 44.1 Å². The van der Waals surface area contributed by atoms with Crippen molar-refractivity contribution in [3.63, 3.8) is 0 Å². The number of nitrogens with zero attached hydrogens (tertiary/aromatic N) is 2. The highest BCUT2D eigenvalue weighted by Crippen LogP contribution is 2.35. The molecule has 0 amide bonds. The lowest BCUT2D eigenvalue weighted by Crippen LogP contribution is -2.14. The number of methoxy groups -OCH3 is 3. The van der Waals surface area contributed by atoms with Crippen molar-refractivity contribution in [2.45, 2.75) is 4.90 Å². The van der Waals surface area contributed by atoms with Gasteiger partial charge in [-0.3, -0.25) is 4.99 Å². The van der Waals surface area contributed by atoms with Crippen LogP contribution in [0.2, 0.25) is 5.02 Å². The van der Waals surface area contributed by atoms with Gasteiger partial charge >= 0.3 is 5.97 Å². The van der Waals surface area contributed by atoms with E-state index in [1.54, 1.807) is 6.07 Å². The number of carbonyl (C=O) groups excluding carboxylic acids is 1. The lowest BCUT2D eigenvalue weighted by molar-refractivity contribution is 0.0601. The van der Waals surface area contributed by atoms with Crippen molar-refractivity contribution < 1.29 is 27.8 Å². The maximum Gasteiger partial charge on any atom is 0.340 e. The summed E-state index contributed by atoms with van der Waals surface area (Å²) in [5.74, 6) is -0.171. The summed E-state index contributed by atoms with van der Waals surface area (Å²) < 4.78 is 38.3. The molecule has 0 aliphatic heterocycles. The summed E-state index contributed by atoms with van der Waals surface area (Å²) in [7, 11) is 0.114. The van der Waals surface area contributed by atoms with Gasteiger partial charge in [-0.2, -0.15) is 5.26 Å². The molecule has 0 aliphatic rings. The second-order valence-electron chi connectivity index (χ2n) is 5.43. The van der Waals surface area contributed by atoms with Gasteiger partial charge in [-0.25, -0.2) is 9.00 Å². The maximum absolute atomic E-state index is 12.8. The molecule has 0 saturated heterocycles. The van der Waals surface area contributed by atoms with Crippen molar-refractivity contribution in [3.8, 4) is 17.6 Å². The number of benzene rings is 2. The standard InChI is InChI=1S/C19H17ClN2O6S/c1-26-17-8-15(19(23)28-3)16(9-18(17)27-2)22-11-14(10-21)29(24,25)13-6-4-12(20)5-7-13/h4-9,11H,1-3H3,(H,24,25). The fourth-order valence-corrected chi connectivity index (χ4v) is 3.49. The second-order valence-corrected chi connectivity index (χ2v) is 7.83. The minimum Gasteiger partial charge on any atom is -0.493 e. The van der Waals surface area contributed by atoms with Crippen molar-refractivity contribution in [2.75, 3.05) is 21.3 Å². The van der Waals surface area contributed by atoms with E-state index in [0.29, 0.717) is 5.02 Å². The van der Waals surface area contributed by atoms with Crippen molar-refractivity contribution in [1.82, 2.24) is 0 Å². The van der Waals surface area contributed by atoms with Crippen LogP contribution in [-0.2, 0) is 14.5 Å². The predicted molar refractivity (Wildman–Crippen MR) is 110 cm³/mol. The summed E-state index contributed by atoms with van der Waals surface area (Å²) in [6, 6.07) is 9.97.